The van der Waals surface area contributed by atoms with E-state index in [1.54, 1.807) is 0 Å². The standard InChI is InChI=1S/C7H11NO2/c1-4-5-2-7(4,6(9)10)8-3-5/h4-5,8H,2-3H2,1H3,(H,9,10). The SMILES string of the molecule is CC1C2CNC1(C(=O)O)C2. The Morgan fingerprint density at radius 1 is 1.80 bits per heavy atom. The van der Waals surface area contributed by atoms with Gasteiger partial charge in [-0.05, 0) is 24.8 Å². The lowest BCUT2D eigenvalue weighted by atomic mass is 9.64. The summed E-state index contributed by atoms with van der Waals surface area (Å²) in [6.45, 7) is 2.91. The molecule has 1 saturated carbocycles. The zero-order valence-electron chi connectivity index (χ0n) is 5.92. The number of fused-ring (bicyclic) bond motifs is 1. The minimum absolute atomic E-state index is 0.338. The normalized spacial score (nSPS) is 50.5. The van der Waals surface area contributed by atoms with E-state index in [0.717, 1.165) is 13.0 Å². The quantitative estimate of drug-likeness (QED) is 0.543. The Morgan fingerprint density at radius 3 is 2.70 bits per heavy atom. The molecule has 3 heteroatoms. The number of hydrogen-bond donors (Lipinski definition) is 2. The van der Waals surface area contributed by atoms with Crippen molar-refractivity contribution in [3.05, 3.63) is 0 Å². The summed E-state index contributed by atoms with van der Waals surface area (Å²) in [5.41, 5.74) is -0.537. The van der Waals surface area contributed by atoms with Crippen molar-refractivity contribution >= 4 is 5.97 Å². The zero-order chi connectivity index (χ0) is 7.35. The summed E-state index contributed by atoms with van der Waals surface area (Å²) in [6.07, 6.45) is 0.837. The van der Waals surface area contributed by atoms with Gasteiger partial charge in [-0.3, -0.25) is 4.79 Å². The third-order valence-corrected chi connectivity index (χ3v) is 3.13. The number of rotatable bonds is 1. The van der Waals surface area contributed by atoms with E-state index in [-0.39, 0.29) is 0 Å². The van der Waals surface area contributed by atoms with Gasteiger partial charge in [-0.15, -0.1) is 0 Å². The molecule has 3 nitrogen and oxygen atoms in total. The van der Waals surface area contributed by atoms with Gasteiger partial charge in [0.1, 0.15) is 5.54 Å². The van der Waals surface area contributed by atoms with Gasteiger partial charge in [0.25, 0.3) is 0 Å². The van der Waals surface area contributed by atoms with E-state index in [9.17, 15) is 4.79 Å². The average Bonchev–Trinajstić information content (AvgIpc) is 2.41. The summed E-state index contributed by atoms with van der Waals surface area (Å²) < 4.78 is 0. The molecule has 0 aromatic heterocycles. The number of nitrogens with one attached hydrogen (secondary N) is 1. The first-order valence-electron chi connectivity index (χ1n) is 3.65. The van der Waals surface area contributed by atoms with Crippen molar-refractivity contribution in [2.75, 3.05) is 6.54 Å². The third kappa shape index (κ3) is 0.440. The molecule has 2 bridgehead atoms. The highest BCUT2D eigenvalue weighted by Crippen LogP contribution is 2.48. The second-order valence-corrected chi connectivity index (χ2v) is 3.41. The predicted molar refractivity (Wildman–Crippen MR) is 35.6 cm³/mol. The average molecular weight is 141 g/mol. The van der Waals surface area contributed by atoms with Crippen LogP contribution in [0, 0.1) is 11.8 Å². The lowest BCUT2D eigenvalue weighted by molar-refractivity contribution is -0.150. The highest BCUT2D eigenvalue weighted by Gasteiger charge is 2.61. The van der Waals surface area contributed by atoms with Crippen LogP contribution >= 0.6 is 0 Å². The smallest absolute Gasteiger partial charge is 0.324 e. The molecule has 1 aliphatic carbocycles. The minimum Gasteiger partial charge on any atom is -0.480 e. The number of carboxylic acids is 1. The van der Waals surface area contributed by atoms with Crippen LogP contribution in [0.25, 0.3) is 0 Å². The van der Waals surface area contributed by atoms with E-state index in [1.807, 2.05) is 6.92 Å². The van der Waals surface area contributed by atoms with Gasteiger partial charge in [0.2, 0.25) is 0 Å². The lowest BCUT2D eigenvalue weighted by Gasteiger charge is -2.40. The van der Waals surface area contributed by atoms with E-state index in [2.05, 4.69) is 5.32 Å². The van der Waals surface area contributed by atoms with Crippen LogP contribution in [0.5, 0.6) is 0 Å². The van der Waals surface area contributed by atoms with Crippen molar-refractivity contribution in [3.8, 4) is 0 Å². The molecule has 0 aromatic carbocycles. The molecular weight excluding hydrogens is 130 g/mol. The van der Waals surface area contributed by atoms with Crippen LogP contribution in [0.3, 0.4) is 0 Å². The molecule has 2 N–H and O–H groups in total. The van der Waals surface area contributed by atoms with E-state index >= 15 is 0 Å². The fourth-order valence-electron chi connectivity index (χ4n) is 2.17. The molecule has 0 amide bonds. The summed E-state index contributed by atoms with van der Waals surface area (Å²) >= 11 is 0. The summed E-state index contributed by atoms with van der Waals surface area (Å²) in [7, 11) is 0. The maximum absolute atomic E-state index is 10.7. The number of carbonyl (C=O) groups is 1. The van der Waals surface area contributed by atoms with Crippen LogP contribution < -0.4 is 5.32 Å². The van der Waals surface area contributed by atoms with Gasteiger partial charge in [0, 0.05) is 0 Å². The Kier molecular flexibility index (Phi) is 0.944. The summed E-state index contributed by atoms with van der Waals surface area (Å²) in [6, 6.07) is 0. The minimum atomic E-state index is -0.672. The Balaban J connectivity index is 2.25. The number of hydrogen-bond acceptors (Lipinski definition) is 2. The Bertz CT molecular complexity index is 188. The van der Waals surface area contributed by atoms with Crippen molar-refractivity contribution in [1.82, 2.24) is 5.32 Å². The third-order valence-electron chi connectivity index (χ3n) is 3.13. The van der Waals surface area contributed by atoms with Crippen LogP contribution in [0.1, 0.15) is 13.3 Å². The van der Waals surface area contributed by atoms with Gasteiger partial charge >= 0.3 is 5.97 Å². The van der Waals surface area contributed by atoms with Gasteiger partial charge < -0.3 is 10.4 Å². The maximum atomic E-state index is 10.7. The fourth-order valence-corrected chi connectivity index (χ4v) is 2.17. The first-order chi connectivity index (χ1) is 4.67. The van der Waals surface area contributed by atoms with Crippen LogP contribution in [0.4, 0.5) is 0 Å². The van der Waals surface area contributed by atoms with Gasteiger partial charge in [-0.1, -0.05) is 6.92 Å². The van der Waals surface area contributed by atoms with E-state index in [1.165, 1.54) is 0 Å². The van der Waals surface area contributed by atoms with Gasteiger partial charge in [0.15, 0.2) is 0 Å². The molecule has 3 atom stereocenters. The van der Waals surface area contributed by atoms with Crippen molar-refractivity contribution in [3.63, 3.8) is 0 Å². The Labute approximate surface area is 59.4 Å². The van der Waals surface area contributed by atoms with Crippen molar-refractivity contribution in [2.45, 2.75) is 18.9 Å². The second-order valence-electron chi connectivity index (χ2n) is 3.41. The van der Waals surface area contributed by atoms with Crippen LogP contribution in [-0.2, 0) is 4.79 Å². The molecule has 3 fully saturated rings. The number of aliphatic carboxylic acids is 1. The first-order valence-corrected chi connectivity index (χ1v) is 3.65. The summed E-state index contributed by atoms with van der Waals surface area (Å²) in [5.74, 6) is 0.287. The molecule has 3 rings (SSSR count). The maximum Gasteiger partial charge on any atom is 0.324 e. The van der Waals surface area contributed by atoms with E-state index in [0.29, 0.717) is 11.8 Å². The van der Waals surface area contributed by atoms with Gasteiger partial charge in [-0.25, -0.2) is 0 Å². The molecular formula is C7H11NO2. The van der Waals surface area contributed by atoms with Crippen molar-refractivity contribution in [2.24, 2.45) is 11.8 Å². The van der Waals surface area contributed by atoms with E-state index in [4.69, 9.17) is 5.11 Å². The molecule has 3 aliphatic rings. The molecule has 2 aliphatic heterocycles. The summed E-state index contributed by atoms with van der Waals surface area (Å²) in [4.78, 5) is 10.7. The highest BCUT2D eigenvalue weighted by atomic mass is 16.4. The highest BCUT2D eigenvalue weighted by molar-refractivity contribution is 5.81. The van der Waals surface area contributed by atoms with Crippen LogP contribution in [0.2, 0.25) is 0 Å². The largest absolute Gasteiger partial charge is 0.480 e. The van der Waals surface area contributed by atoms with E-state index < -0.39 is 11.5 Å². The lowest BCUT2D eigenvalue weighted by Crippen LogP contribution is -2.57. The molecule has 2 heterocycles. The van der Waals surface area contributed by atoms with Crippen LogP contribution in [0.15, 0.2) is 0 Å². The Morgan fingerprint density at radius 2 is 2.50 bits per heavy atom. The molecule has 3 unspecified atom stereocenters. The zero-order valence-corrected chi connectivity index (χ0v) is 5.92. The van der Waals surface area contributed by atoms with Crippen LogP contribution in [-0.4, -0.2) is 23.2 Å². The second kappa shape index (κ2) is 1.53. The topological polar surface area (TPSA) is 49.3 Å². The van der Waals surface area contributed by atoms with Gasteiger partial charge in [-0.2, -0.15) is 0 Å². The predicted octanol–water partition coefficient (Wildman–Crippen LogP) is 0.0690. The first kappa shape index (κ1) is 6.16. The molecule has 2 saturated heterocycles. The summed E-state index contributed by atoms with van der Waals surface area (Å²) in [5, 5.41) is 11.9. The van der Waals surface area contributed by atoms with Crippen molar-refractivity contribution in [1.29, 1.82) is 0 Å². The monoisotopic (exact) mass is 141 g/mol. The Hall–Kier alpha value is -0.570. The van der Waals surface area contributed by atoms with Crippen molar-refractivity contribution < 1.29 is 9.90 Å². The fraction of sp³-hybridized carbons (Fsp3) is 0.857. The number of carboxylic acid groups (broad SMARTS) is 1. The molecule has 0 radical (unpaired) electrons. The molecule has 56 valence electrons. The van der Waals surface area contributed by atoms with Gasteiger partial charge in [0.05, 0.1) is 0 Å². The molecule has 0 spiro atoms. The molecule has 10 heavy (non-hydrogen) atoms. The molecule has 0 aromatic rings.